The molecule has 9 nitrogen and oxygen atoms in total. The highest BCUT2D eigenvalue weighted by Crippen LogP contribution is 2.24. The Morgan fingerprint density at radius 3 is 2.31 bits per heavy atom. The third-order valence-corrected chi connectivity index (χ3v) is 8.00. The summed E-state index contributed by atoms with van der Waals surface area (Å²) in [5.41, 5.74) is 2.66. The van der Waals surface area contributed by atoms with Gasteiger partial charge in [0.15, 0.2) is 0 Å². The van der Waals surface area contributed by atoms with Gasteiger partial charge < -0.3 is 25.8 Å². The first-order chi connectivity index (χ1) is 19.3. The average molecular weight is 619 g/mol. The van der Waals surface area contributed by atoms with E-state index in [9.17, 15) is 19.2 Å². The fraction of sp³-hybridized carbons (Fsp3) is 0.484. The molecule has 1 fully saturated rings. The first-order valence-corrected chi connectivity index (χ1v) is 14.4. The van der Waals surface area contributed by atoms with E-state index in [1.165, 1.54) is 11.8 Å². The van der Waals surface area contributed by atoms with Crippen LogP contribution in [0.4, 0.5) is 0 Å². The second-order valence-electron chi connectivity index (χ2n) is 12.1. The van der Waals surface area contributed by atoms with Crippen LogP contribution in [0.2, 0.25) is 5.02 Å². The highest BCUT2D eigenvalue weighted by Gasteiger charge is 2.43. The van der Waals surface area contributed by atoms with Crippen molar-refractivity contribution in [2.75, 3.05) is 13.6 Å². The maximum absolute atomic E-state index is 14.0. The molecule has 11 heteroatoms. The summed E-state index contributed by atoms with van der Waals surface area (Å²) in [6.45, 7) is 7.90. The zero-order valence-electron chi connectivity index (χ0n) is 24.8. The van der Waals surface area contributed by atoms with Crippen molar-refractivity contribution in [1.29, 1.82) is 0 Å². The Balaban J connectivity index is 0.00000484. The monoisotopic (exact) mass is 617 g/mol. The van der Waals surface area contributed by atoms with Gasteiger partial charge in [0.2, 0.25) is 23.6 Å². The maximum Gasteiger partial charge on any atom is 0.245 e. The number of rotatable bonds is 7. The standard InChI is InChI=1S/C31H40ClN5O4.ClH/c1-19(38)37-18-24(16-27(37)29(40)35-31(2,3)4)36(5)30(41)26(14-20-10-12-23(32)13-11-20)34-28(39)25-15-21-8-6-7-9-22(21)17-33-25;/h6-13,24-27,33H,14-18H2,1-5H3,(H,34,39)(H,35,40);1H/t24-,25+,26+,27-;/m0./s1. The first kappa shape index (κ1) is 33.4. The van der Waals surface area contributed by atoms with Crippen LogP contribution in [0.5, 0.6) is 0 Å². The van der Waals surface area contributed by atoms with Crippen LogP contribution in [0.25, 0.3) is 0 Å². The molecular formula is C31H41Cl2N5O4. The second-order valence-corrected chi connectivity index (χ2v) is 12.5. The van der Waals surface area contributed by atoms with Crippen LogP contribution in [0.3, 0.4) is 0 Å². The van der Waals surface area contributed by atoms with Crippen molar-refractivity contribution in [2.24, 2.45) is 0 Å². The van der Waals surface area contributed by atoms with E-state index in [2.05, 4.69) is 16.0 Å². The number of fused-ring (bicyclic) bond motifs is 1. The van der Waals surface area contributed by atoms with Crippen LogP contribution in [0.1, 0.15) is 50.8 Å². The summed E-state index contributed by atoms with van der Waals surface area (Å²) < 4.78 is 0. The molecule has 2 aliphatic heterocycles. The van der Waals surface area contributed by atoms with Crippen molar-refractivity contribution in [3.63, 3.8) is 0 Å². The van der Waals surface area contributed by atoms with Gasteiger partial charge in [-0.25, -0.2) is 0 Å². The van der Waals surface area contributed by atoms with Gasteiger partial charge in [0.1, 0.15) is 12.1 Å². The van der Waals surface area contributed by atoms with Crippen molar-refractivity contribution >= 4 is 47.6 Å². The molecular weight excluding hydrogens is 577 g/mol. The summed E-state index contributed by atoms with van der Waals surface area (Å²) in [5.74, 6) is -1.00. The van der Waals surface area contributed by atoms with Crippen LogP contribution in [0, 0.1) is 0 Å². The van der Waals surface area contributed by atoms with Gasteiger partial charge in [-0.1, -0.05) is 48.0 Å². The lowest BCUT2D eigenvalue weighted by molar-refractivity contribution is -0.138. The molecule has 0 aromatic heterocycles. The molecule has 0 bridgehead atoms. The van der Waals surface area contributed by atoms with Gasteiger partial charge in [-0.15, -0.1) is 12.4 Å². The topological polar surface area (TPSA) is 111 Å². The molecule has 0 unspecified atom stereocenters. The summed E-state index contributed by atoms with van der Waals surface area (Å²) in [6.07, 6.45) is 1.11. The van der Waals surface area contributed by atoms with Gasteiger partial charge >= 0.3 is 0 Å². The average Bonchev–Trinajstić information content (AvgIpc) is 3.38. The number of likely N-dealkylation sites (N-methyl/N-ethyl adjacent to an activating group) is 1. The summed E-state index contributed by atoms with van der Waals surface area (Å²) >= 11 is 6.07. The molecule has 0 radical (unpaired) electrons. The number of amides is 4. The third kappa shape index (κ3) is 8.24. The zero-order valence-corrected chi connectivity index (χ0v) is 26.3. The van der Waals surface area contributed by atoms with Crippen molar-refractivity contribution in [3.8, 4) is 0 Å². The molecule has 0 aliphatic carbocycles. The predicted octanol–water partition coefficient (Wildman–Crippen LogP) is 2.87. The number of carbonyl (C=O) groups excluding carboxylic acids is 4. The Bertz CT molecular complexity index is 1300. The van der Waals surface area contributed by atoms with E-state index in [0.717, 1.165) is 16.7 Å². The van der Waals surface area contributed by atoms with Crippen molar-refractivity contribution in [3.05, 3.63) is 70.2 Å². The van der Waals surface area contributed by atoms with E-state index in [4.69, 9.17) is 11.6 Å². The SMILES string of the molecule is CC(=O)N1C[C@@H](N(C)C(=O)[C@@H](Cc2ccc(Cl)cc2)NC(=O)[C@H]2Cc3ccccc3CN2)C[C@H]1C(=O)NC(C)(C)C.Cl. The van der Waals surface area contributed by atoms with Crippen molar-refractivity contribution in [1.82, 2.24) is 25.8 Å². The molecule has 2 heterocycles. The molecule has 42 heavy (non-hydrogen) atoms. The highest BCUT2D eigenvalue weighted by molar-refractivity contribution is 6.30. The second kappa shape index (κ2) is 13.9. The minimum Gasteiger partial charge on any atom is -0.350 e. The Morgan fingerprint density at radius 1 is 1.05 bits per heavy atom. The number of carbonyl (C=O) groups is 4. The molecule has 0 spiro atoms. The number of nitrogens with one attached hydrogen (secondary N) is 3. The Hall–Kier alpha value is -3.14. The maximum atomic E-state index is 14.0. The van der Waals surface area contributed by atoms with E-state index in [1.807, 2.05) is 57.2 Å². The molecule has 1 saturated heterocycles. The molecule has 4 atom stereocenters. The highest BCUT2D eigenvalue weighted by atomic mass is 35.5. The van der Waals surface area contributed by atoms with E-state index in [1.54, 1.807) is 24.1 Å². The Labute approximate surface area is 259 Å². The van der Waals surface area contributed by atoms with E-state index >= 15 is 0 Å². The molecule has 4 amide bonds. The lowest BCUT2D eigenvalue weighted by Gasteiger charge is -2.31. The minimum absolute atomic E-state index is 0. The Morgan fingerprint density at radius 2 is 1.69 bits per heavy atom. The molecule has 228 valence electrons. The molecule has 3 N–H and O–H groups in total. The summed E-state index contributed by atoms with van der Waals surface area (Å²) in [7, 11) is 1.67. The normalized spacial score (nSPS) is 20.5. The van der Waals surface area contributed by atoms with Crippen LogP contribution in [-0.2, 0) is 38.6 Å². The zero-order chi connectivity index (χ0) is 29.9. The molecule has 2 aliphatic rings. The number of likely N-dealkylation sites (tertiary alicyclic amines) is 1. The molecule has 0 saturated carbocycles. The van der Waals surface area contributed by atoms with Gasteiger partial charge in [-0.2, -0.15) is 0 Å². The smallest absolute Gasteiger partial charge is 0.245 e. The van der Waals surface area contributed by atoms with E-state index in [-0.39, 0.29) is 55.0 Å². The van der Waals surface area contributed by atoms with Crippen LogP contribution < -0.4 is 16.0 Å². The minimum atomic E-state index is -0.846. The fourth-order valence-electron chi connectivity index (χ4n) is 5.54. The fourth-order valence-corrected chi connectivity index (χ4v) is 5.66. The third-order valence-electron chi connectivity index (χ3n) is 7.75. The number of nitrogens with zero attached hydrogens (tertiary/aromatic N) is 2. The number of benzene rings is 2. The van der Waals surface area contributed by atoms with E-state index < -0.39 is 23.7 Å². The summed E-state index contributed by atoms with van der Waals surface area (Å²) in [5, 5.41) is 9.82. The first-order valence-electron chi connectivity index (χ1n) is 14.0. The largest absolute Gasteiger partial charge is 0.350 e. The van der Waals surface area contributed by atoms with Gasteiger partial charge in [0.25, 0.3) is 0 Å². The number of halogens is 2. The molecule has 2 aromatic carbocycles. The van der Waals surface area contributed by atoms with Crippen molar-refractivity contribution < 1.29 is 19.2 Å². The van der Waals surface area contributed by atoms with Crippen molar-refractivity contribution in [2.45, 2.75) is 83.2 Å². The quantitative estimate of drug-likeness (QED) is 0.442. The van der Waals surface area contributed by atoms with Crippen LogP contribution in [0.15, 0.2) is 48.5 Å². The Kier molecular flexibility index (Phi) is 11.0. The van der Waals surface area contributed by atoms with Crippen LogP contribution in [-0.4, -0.2) is 76.7 Å². The van der Waals surface area contributed by atoms with Crippen LogP contribution >= 0.6 is 24.0 Å². The molecule has 2 aromatic rings. The number of hydrogen-bond acceptors (Lipinski definition) is 5. The predicted molar refractivity (Wildman–Crippen MR) is 165 cm³/mol. The van der Waals surface area contributed by atoms with Gasteiger partial charge in [0, 0.05) is 44.0 Å². The van der Waals surface area contributed by atoms with E-state index in [0.29, 0.717) is 24.4 Å². The number of hydrogen-bond donors (Lipinski definition) is 3. The van der Waals surface area contributed by atoms with Gasteiger partial charge in [0.05, 0.1) is 12.1 Å². The lowest BCUT2D eigenvalue weighted by atomic mass is 9.95. The van der Waals surface area contributed by atoms with Gasteiger partial charge in [-0.3, -0.25) is 19.2 Å². The summed E-state index contributed by atoms with van der Waals surface area (Å²) in [6, 6.07) is 12.8. The molecule has 4 rings (SSSR count). The van der Waals surface area contributed by atoms with Gasteiger partial charge in [-0.05, 0) is 62.4 Å². The lowest BCUT2D eigenvalue weighted by Crippen LogP contribution is -2.56. The summed E-state index contributed by atoms with van der Waals surface area (Å²) in [4.78, 5) is 56.0.